The average Bonchev–Trinajstić information content (AvgIpc) is 3.43. The predicted molar refractivity (Wildman–Crippen MR) is 96.8 cm³/mol. The minimum Gasteiger partial charge on any atom is -0.343 e. The molecule has 0 bridgehead atoms. The standard InChI is InChI=1S/C20H19N3O/c1-23-18-10-6-5-9-16(18)17(13-21-22-20(24)15-11-12-15)19(23)14-7-3-2-4-8-14/h2-10,13,15H,11-12H2,1H3,(H,22,24). The second-order valence-corrected chi connectivity index (χ2v) is 6.21. The number of nitrogens with zero attached hydrogens (tertiary/aromatic N) is 2. The molecule has 1 N–H and O–H groups in total. The molecule has 1 fully saturated rings. The van der Waals surface area contributed by atoms with Gasteiger partial charge >= 0.3 is 0 Å². The zero-order valence-corrected chi connectivity index (χ0v) is 13.6. The summed E-state index contributed by atoms with van der Waals surface area (Å²) in [6.07, 6.45) is 3.72. The molecule has 0 aliphatic heterocycles. The van der Waals surface area contributed by atoms with E-state index in [1.165, 1.54) is 0 Å². The van der Waals surface area contributed by atoms with E-state index in [0.717, 1.165) is 40.6 Å². The maximum atomic E-state index is 11.8. The first-order valence-corrected chi connectivity index (χ1v) is 8.21. The smallest absolute Gasteiger partial charge is 0.243 e. The van der Waals surface area contributed by atoms with Crippen LogP contribution in [0.4, 0.5) is 0 Å². The highest BCUT2D eigenvalue weighted by atomic mass is 16.2. The van der Waals surface area contributed by atoms with Crippen molar-refractivity contribution in [3.05, 3.63) is 60.2 Å². The first-order chi connectivity index (χ1) is 11.8. The molecule has 0 spiro atoms. The monoisotopic (exact) mass is 317 g/mol. The van der Waals surface area contributed by atoms with Gasteiger partial charge in [0.05, 0.1) is 11.9 Å². The predicted octanol–water partition coefficient (Wildman–Crippen LogP) is 3.71. The number of hydrazone groups is 1. The number of rotatable bonds is 4. The number of nitrogens with one attached hydrogen (secondary N) is 1. The summed E-state index contributed by atoms with van der Waals surface area (Å²) in [5, 5.41) is 5.34. The molecular weight excluding hydrogens is 298 g/mol. The number of carbonyl (C=O) groups excluding carboxylic acids is 1. The number of aromatic nitrogens is 1. The van der Waals surface area contributed by atoms with E-state index < -0.39 is 0 Å². The molecule has 4 nitrogen and oxygen atoms in total. The van der Waals surface area contributed by atoms with Crippen LogP contribution in [0.1, 0.15) is 18.4 Å². The molecule has 3 aromatic rings. The summed E-state index contributed by atoms with van der Waals surface area (Å²) in [6.45, 7) is 0. The van der Waals surface area contributed by atoms with Gasteiger partial charge in [-0.15, -0.1) is 0 Å². The number of para-hydroxylation sites is 1. The molecule has 1 amide bonds. The van der Waals surface area contributed by atoms with Gasteiger partial charge in [0, 0.05) is 29.4 Å². The maximum Gasteiger partial charge on any atom is 0.243 e. The van der Waals surface area contributed by atoms with Crippen LogP contribution in [-0.2, 0) is 11.8 Å². The van der Waals surface area contributed by atoms with E-state index >= 15 is 0 Å². The Kier molecular flexibility index (Phi) is 3.65. The zero-order chi connectivity index (χ0) is 16.5. The van der Waals surface area contributed by atoms with Crippen molar-refractivity contribution in [3.63, 3.8) is 0 Å². The van der Waals surface area contributed by atoms with E-state index in [4.69, 9.17) is 0 Å². The Hall–Kier alpha value is -2.88. The number of carbonyl (C=O) groups is 1. The van der Waals surface area contributed by atoms with Gasteiger partial charge in [0.25, 0.3) is 0 Å². The summed E-state index contributed by atoms with van der Waals surface area (Å²) < 4.78 is 2.18. The molecule has 1 saturated carbocycles. The van der Waals surface area contributed by atoms with Gasteiger partial charge in [-0.3, -0.25) is 4.79 Å². The molecule has 120 valence electrons. The fraction of sp³-hybridized carbons (Fsp3) is 0.200. The molecule has 0 saturated heterocycles. The summed E-state index contributed by atoms with van der Waals surface area (Å²) in [7, 11) is 2.06. The van der Waals surface area contributed by atoms with Crippen molar-refractivity contribution < 1.29 is 4.79 Å². The van der Waals surface area contributed by atoms with Gasteiger partial charge in [0.2, 0.25) is 5.91 Å². The lowest BCUT2D eigenvalue weighted by atomic mass is 10.1. The zero-order valence-electron chi connectivity index (χ0n) is 13.6. The largest absolute Gasteiger partial charge is 0.343 e. The van der Waals surface area contributed by atoms with Crippen molar-refractivity contribution in [1.82, 2.24) is 9.99 Å². The van der Waals surface area contributed by atoms with Crippen LogP contribution in [0.15, 0.2) is 59.7 Å². The Balaban J connectivity index is 1.80. The third-order valence-corrected chi connectivity index (χ3v) is 4.51. The molecule has 4 rings (SSSR count). The van der Waals surface area contributed by atoms with E-state index in [1.807, 2.05) is 30.3 Å². The van der Waals surface area contributed by atoms with Crippen molar-refractivity contribution in [2.75, 3.05) is 0 Å². The Morgan fingerprint density at radius 3 is 2.58 bits per heavy atom. The molecule has 1 aliphatic rings. The number of hydrogen-bond acceptors (Lipinski definition) is 2. The van der Waals surface area contributed by atoms with Gasteiger partial charge in [0.15, 0.2) is 0 Å². The third kappa shape index (κ3) is 2.60. The van der Waals surface area contributed by atoms with Crippen molar-refractivity contribution in [1.29, 1.82) is 0 Å². The van der Waals surface area contributed by atoms with Gasteiger partial charge in [-0.2, -0.15) is 5.10 Å². The second-order valence-electron chi connectivity index (χ2n) is 6.21. The average molecular weight is 317 g/mol. The van der Waals surface area contributed by atoms with Gasteiger partial charge in [-0.25, -0.2) is 5.43 Å². The van der Waals surface area contributed by atoms with Crippen molar-refractivity contribution in [3.8, 4) is 11.3 Å². The van der Waals surface area contributed by atoms with Crippen molar-refractivity contribution >= 4 is 23.0 Å². The summed E-state index contributed by atoms with van der Waals surface area (Å²) in [5.41, 5.74) is 7.06. The second kappa shape index (κ2) is 5.96. The molecule has 1 heterocycles. The van der Waals surface area contributed by atoms with Gasteiger partial charge in [-0.1, -0.05) is 48.5 Å². The summed E-state index contributed by atoms with van der Waals surface area (Å²) in [6, 6.07) is 18.5. The molecule has 4 heteroatoms. The van der Waals surface area contributed by atoms with Crippen LogP contribution in [0, 0.1) is 5.92 Å². The third-order valence-electron chi connectivity index (χ3n) is 4.51. The normalized spacial score (nSPS) is 14.4. The molecule has 1 aliphatic carbocycles. The SMILES string of the molecule is Cn1c(-c2ccccc2)c(C=NNC(=O)C2CC2)c2ccccc21. The van der Waals surface area contributed by atoms with E-state index in [9.17, 15) is 4.79 Å². The molecule has 1 aromatic heterocycles. The summed E-state index contributed by atoms with van der Waals surface area (Å²) in [4.78, 5) is 11.8. The van der Waals surface area contributed by atoms with Crippen LogP contribution in [-0.4, -0.2) is 16.7 Å². The Morgan fingerprint density at radius 2 is 1.83 bits per heavy atom. The summed E-state index contributed by atoms with van der Waals surface area (Å²) >= 11 is 0. The highest BCUT2D eigenvalue weighted by Gasteiger charge is 2.29. The number of aryl methyl sites for hydroxylation is 1. The topological polar surface area (TPSA) is 46.4 Å². The van der Waals surface area contributed by atoms with Crippen LogP contribution in [0.2, 0.25) is 0 Å². The highest BCUT2D eigenvalue weighted by molar-refractivity contribution is 6.06. The van der Waals surface area contributed by atoms with Gasteiger partial charge in [-0.05, 0) is 24.5 Å². The molecule has 24 heavy (non-hydrogen) atoms. The number of benzene rings is 2. The molecule has 0 unspecified atom stereocenters. The van der Waals surface area contributed by atoms with Crippen LogP contribution in [0.3, 0.4) is 0 Å². The lowest BCUT2D eigenvalue weighted by Crippen LogP contribution is -2.19. The Bertz CT molecular complexity index is 921. The molecule has 0 atom stereocenters. The lowest BCUT2D eigenvalue weighted by molar-refractivity contribution is -0.122. The Morgan fingerprint density at radius 1 is 1.12 bits per heavy atom. The fourth-order valence-corrected chi connectivity index (χ4v) is 3.10. The van der Waals surface area contributed by atoms with Gasteiger partial charge < -0.3 is 4.57 Å². The van der Waals surface area contributed by atoms with Gasteiger partial charge in [0.1, 0.15) is 0 Å². The molecule has 2 aromatic carbocycles. The fourth-order valence-electron chi connectivity index (χ4n) is 3.10. The first-order valence-electron chi connectivity index (χ1n) is 8.21. The van der Waals surface area contributed by atoms with Crippen molar-refractivity contribution in [2.45, 2.75) is 12.8 Å². The van der Waals surface area contributed by atoms with E-state index in [2.05, 4.69) is 46.4 Å². The van der Waals surface area contributed by atoms with Crippen LogP contribution in [0.5, 0.6) is 0 Å². The van der Waals surface area contributed by atoms with Crippen LogP contribution < -0.4 is 5.43 Å². The number of hydrogen-bond donors (Lipinski definition) is 1. The molecule has 0 radical (unpaired) electrons. The number of fused-ring (bicyclic) bond motifs is 1. The van der Waals surface area contributed by atoms with Crippen LogP contribution >= 0.6 is 0 Å². The Labute approximate surface area is 140 Å². The number of amides is 1. The van der Waals surface area contributed by atoms with E-state index in [0.29, 0.717) is 0 Å². The van der Waals surface area contributed by atoms with Crippen molar-refractivity contribution in [2.24, 2.45) is 18.1 Å². The van der Waals surface area contributed by atoms with Crippen LogP contribution in [0.25, 0.3) is 22.2 Å². The summed E-state index contributed by atoms with van der Waals surface area (Å²) in [5.74, 6) is 0.177. The first kappa shape index (κ1) is 14.7. The minimum absolute atomic E-state index is 0.0211. The quantitative estimate of drug-likeness (QED) is 0.579. The lowest BCUT2D eigenvalue weighted by Gasteiger charge is -2.06. The maximum absolute atomic E-state index is 11.8. The van der Waals surface area contributed by atoms with E-state index in [1.54, 1.807) is 6.21 Å². The highest BCUT2D eigenvalue weighted by Crippen LogP contribution is 2.32. The minimum atomic E-state index is 0.0211. The molecular formula is C20H19N3O. The van der Waals surface area contributed by atoms with E-state index in [-0.39, 0.29) is 11.8 Å².